The fourth-order valence-corrected chi connectivity index (χ4v) is 2.63. The Bertz CT molecular complexity index is 320. The van der Waals surface area contributed by atoms with Crippen LogP contribution in [0.25, 0.3) is 0 Å². The molecule has 3 atom stereocenters. The number of hydrogen-bond acceptors (Lipinski definition) is 3. The van der Waals surface area contributed by atoms with Crippen molar-refractivity contribution in [1.29, 1.82) is 0 Å². The molecule has 0 aliphatic heterocycles. The Morgan fingerprint density at radius 3 is 2.47 bits per heavy atom. The predicted molar refractivity (Wildman–Crippen MR) is 70.8 cm³/mol. The van der Waals surface area contributed by atoms with Crippen molar-refractivity contribution >= 4 is 12.0 Å². The molecule has 0 radical (unpaired) electrons. The van der Waals surface area contributed by atoms with Crippen LogP contribution >= 0.6 is 0 Å². The predicted octanol–water partition coefficient (Wildman–Crippen LogP) is 0.946. The van der Waals surface area contributed by atoms with Gasteiger partial charge in [0, 0.05) is 6.04 Å². The Balaban J connectivity index is 2.39. The Kier molecular flexibility index (Phi) is 6.08. The zero-order chi connectivity index (χ0) is 14.4. The Morgan fingerprint density at radius 1 is 1.26 bits per heavy atom. The van der Waals surface area contributed by atoms with Crippen molar-refractivity contribution in [2.75, 3.05) is 6.54 Å². The van der Waals surface area contributed by atoms with E-state index in [-0.39, 0.29) is 12.6 Å². The summed E-state index contributed by atoms with van der Waals surface area (Å²) in [7, 11) is 0. The molecule has 2 unspecified atom stereocenters. The van der Waals surface area contributed by atoms with Gasteiger partial charge in [0.2, 0.25) is 0 Å². The van der Waals surface area contributed by atoms with Gasteiger partial charge in [-0.2, -0.15) is 0 Å². The number of aliphatic hydroxyl groups excluding tert-OH is 1. The lowest BCUT2D eigenvalue weighted by molar-refractivity contribution is -0.146. The monoisotopic (exact) mass is 272 g/mol. The summed E-state index contributed by atoms with van der Waals surface area (Å²) < 4.78 is 0. The van der Waals surface area contributed by atoms with E-state index < -0.39 is 18.1 Å². The molecule has 2 amide bonds. The van der Waals surface area contributed by atoms with Gasteiger partial charge in [0.25, 0.3) is 0 Å². The standard InChI is InChI=1S/C13H24N2O4/c1-8(2)9-5-3-4-6-10(9)15-13(19)14-7-11(16)12(17)18/h8-11,16H,3-7H2,1-2H3,(H,17,18)(H2,14,15,19)/t9?,10?,11-/m0/s1. The van der Waals surface area contributed by atoms with Crippen LogP contribution < -0.4 is 10.6 Å². The average Bonchev–Trinajstić information content (AvgIpc) is 2.36. The number of carbonyl (C=O) groups excluding carboxylic acids is 1. The van der Waals surface area contributed by atoms with Crippen molar-refractivity contribution in [1.82, 2.24) is 10.6 Å². The molecule has 1 saturated carbocycles. The zero-order valence-corrected chi connectivity index (χ0v) is 11.6. The van der Waals surface area contributed by atoms with Gasteiger partial charge in [-0.1, -0.05) is 26.7 Å². The lowest BCUT2D eigenvalue weighted by Gasteiger charge is -2.34. The largest absolute Gasteiger partial charge is 0.479 e. The molecular weight excluding hydrogens is 248 g/mol. The number of carboxylic acids is 1. The van der Waals surface area contributed by atoms with Gasteiger partial charge in [0.15, 0.2) is 6.10 Å². The highest BCUT2D eigenvalue weighted by molar-refractivity contribution is 5.76. The van der Waals surface area contributed by atoms with E-state index in [1.54, 1.807) is 0 Å². The summed E-state index contributed by atoms with van der Waals surface area (Å²) in [5.74, 6) is -0.364. The molecule has 6 nitrogen and oxygen atoms in total. The molecule has 1 aliphatic carbocycles. The van der Waals surface area contributed by atoms with E-state index in [9.17, 15) is 9.59 Å². The van der Waals surface area contributed by atoms with E-state index >= 15 is 0 Å². The minimum Gasteiger partial charge on any atom is -0.479 e. The Morgan fingerprint density at radius 2 is 1.89 bits per heavy atom. The molecule has 0 saturated heterocycles. The SMILES string of the molecule is CC(C)C1CCCCC1NC(=O)NC[C@H](O)C(=O)O. The highest BCUT2D eigenvalue weighted by atomic mass is 16.4. The molecule has 0 aromatic heterocycles. The van der Waals surface area contributed by atoms with Gasteiger partial charge in [-0.15, -0.1) is 0 Å². The number of hydrogen-bond donors (Lipinski definition) is 4. The molecule has 0 heterocycles. The summed E-state index contributed by atoms with van der Waals surface area (Å²) in [4.78, 5) is 22.1. The maximum absolute atomic E-state index is 11.7. The van der Waals surface area contributed by atoms with Crippen LogP contribution in [0.2, 0.25) is 0 Å². The van der Waals surface area contributed by atoms with Crippen LogP contribution in [0.15, 0.2) is 0 Å². The lowest BCUT2D eigenvalue weighted by atomic mass is 9.78. The molecule has 1 aliphatic rings. The molecule has 110 valence electrons. The molecule has 0 aromatic rings. The molecule has 0 bridgehead atoms. The first-order valence-electron chi connectivity index (χ1n) is 6.87. The highest BCUT2D eigenvalue weighted by Gasteiger charge is 2.28. The van der Waals surface area contributed by atoms with E-state index in [2.05, 4.69) is 24.5 Å². The number of amides is 2. The van der Waals surface area contributed by atoms with Crippen molar-refractivity contribution < 1.29 is 19.8 Å². The summed E-state index contributed by atoms with van der Waals surface area (Å²) in [5, 5.41) is 22.9. The van der Waals surface area contributed by atoms with Crippen LogP contribution in [0, 0.1) is 11.8 Å². The van der Waals surface area contributed by atoms with Gasteiger partial charge >= 0.3 is 12.0 Å². The Hall–Kier alpha value is -1.30. The number of aliphatic hydroxyl groups is 1. The second-order valence-corrected chi connectivity index (χ2v) is 5.51. The van der Waals surface area contributed by atoms with E-state index in [1.165, 1.54) is 6.42 Å². The van der Waals surface area contributed by atoms with Gasteiger partial charge in [-0.25, -0.2) is 9.59 Å². The fourth-order valence-electron chi connectivity index (χ4n) is 2.63. The molecule has 0 spiro atoms. The van der Waals surface area contributed by atoms with Crippen molar-refractivity contribution in [2.45, 2.75) is 51.7 Å². The third-order valence-electron chi connectivity index (χ3n) is 3.73. The van der Waals surface area contributed by atoms with Crippen LogP contribution in [-0.4, -0.2) is 40.9 Å². The minimum atomic E-state index is -1.56. The van der Waals surface area contributed by atoms with Crippen LogP contribution in [-0.2, 0) is 4.79 Å². The third-order valence-corrected chi connectivity index (χ3v) is 3.73. The summed E-state index contributed by atoms with van der Waals surface area (Å²) in [6.07, 6.45) is 2.81. The van der Waals surface area contributed by atoms with E-state index in [0.717, 1.165) is 19.3 Å². The molecule has 4 N–H and O–H groups in total. The topological polar surface area (TPSA) is 98.7 Å². The number of carboxylic acid groups (broad SMARTS) is 1. The minimum absolute atomic E-state index is 0.135. The fraction of sp³-hybridized carbons (Fsp3) is 0.846. The maximum atomic E-state index is 11.7. The first-order valence-corrected chi connectivity index (χ1v) is 6.87. The lowest BCUT2D eigenvalue weighted by Crippen LogP contribution is -2.49. The molecule has 19 heavy (non-hydrogen) atoms. The number of nitrogens with one attached hydrogen (secondary N) is 2. The van der Waals surface area contributed by atoms with E-state index in [4.69, 9.17) is 10.2 Å². The average molecular weight is 272 g/mol. The number of rotatable bonds is 5. The maximum Gasteiger partial charge on any atom is 0.334 e. The summed E-state index contributed by atoms with van der Waals surface area (Å²) in [6.45, 7) is 4.02. The van der Waals surface area contributed by atoms with E-state index in [1.807, 2.05) is 0 Å². The molecule has 6 heteroatoms. The summed E-state index contributed by atoms with van der Waals surface area (Å²) in [6, 6.07) is -0.270. The normalized spacial score (nSPS) is 24.8. The van der Waals surface area contributed by atoms with Crippen LogP contribution in [0.1, 0.15) is 39.5 Å². The van der Waals surface area contributed by atoms with Crippen molar-refractivity contribution in [3.05, 3.63) is 0 Å². The Labute approximate surface area is 113 Å². The van der Waals surface area contributed by atoms with Gasteiger partial charge in [-0.3, -0.25) is 0 Å². The highest BCUT2D eigenvalue weighted by Crippen LogP contribution is 2.30. The molecular formula is C13H24N2O4. The molecule has 0 aromatic carbocycles. The van der Waals surface area contributed by atoms with Gasteiger partial charge < -0.3 is 20.8 Å². The van der Waals surface area contributed by atoms with Crippen LogP contribution in [0.3, 0.4) is 0 Å². The first-order chi connectivity index (χ1) is 8.91. The van der Waals surface area contributed by atoms with Crippen LogP contribution in [0.5, 0.6) is 0 Å². The summed E-state index contributed by atoms with van der Waals surface area (Å²) >= 11 is 0. The number of carbonyl (C=O) groups is 2. The van der Waals surface area contributed by atoms with Gasteiger partial charge in [0.1, 0.15) is 0 Å². The second-order valence-electron chi connectivity index (χ2n) is 5.51. The van der Waals surface area contributed by atoms with Crippen LogP contribution in [0.4, 0.5) is 4.79 Å². The van der Waals surface area contributed by atoms with Crippen molar-refractivity contribution in [3.63, 3.8) is 0 Å². The number of urea groups is 1. The number of aliphatic carboxylic acids is 1. The molecule has 1 fully saturated rings. The van der Waals surface area contributed by atoms with Gasteiger partial charge in [0.05, 0.1) is 6.54 Å². The van der Waals surface area contributed by atoms with Gasteiger partial charge in [-0.05, 0) is 24.7 Å². The smallest absolute Gasteiger partial charge is 0.334 e. The van der Waals surface area contributed by atoms with E-state index in [0.29, 0.717) is 11.8 Å². The quantitative estimate of drug-likeness (QED) is 0.598. The third kappa shape index (κ3) is 5.06. The second kappa shape index (κ2) is 7.33. The summed E-state index contributed by atoms with van der Waals surface area (Å²) in [5.41, 5.74) is 0. The van der Waals surface area contributed by atoms with Crippen molar-refractivity contribution in [2.24, 2.45) is 11.8 Å². The van der Waals surface area contributed by atoms with Crippen molar-refractivity contribution in [3.8, 4) is 0 Å². The first kappa shape index (κ1) is 15.8. The molecule has 1 rings (SSSR count). The zero-order valence-electron chi connectivity index (χ0n) is 11.6.